The molecule has 0 bridgehead atoms. The van der Waals surface area contributed by atoms with Gasteiger partial charge in [-0.05, 0) is 61.9 Å². The smallest absolute Gasteiger partial charge is 0.319 e. The van der Waals surface area contributed by atoms with Crippen LogP contribution in [0.4, 0.5) is 10.5 Å². The molecule has 0 fully saturated rings. The fourth-order valence-electron chi connectivity index (χ4n) is 2.82. The van der Waals surface area contributed by atoms with E-state index in [2.05, 4.69) is 21.6 Å². The SMILES string of the molecule is COc1ccccc1Oc1ccc(NC(=O)NC[C@H](c2cccs2)N(C)C)cc1. The molecule has 0 radical (unpaired) electrons. The Bertz CT molecular complexity index is 911. The number of nitrogens with zero attached hydrogens (tertiary/aromatic N) is 1. The van der Waals surface area contributed by atoms with Crippen LogP contribution in [0.15, 0.2) is 66.0 Å². The normalized spacial score (nSPS) is 11.7. The minimum Gasteiger partial charge on any atom is -0.493 e. The van der Waals surface area contributed by atoms with Gasteiger partial charge in [0.15, 0.2) is 11.5 Å². The van der Waals surface area contributed by atoms with Crippen molar-refractivity contribution in [2.45, 2.75) is 6.04 Å². The summed E-state index contributed by atoms with van der Waals surface area (Å²) in [4.78, 5) is 15.6. The van der Waals surface area contributed by atoms with E-state index in [1.54, 1.807) is 42.7 Å². The molecule has 0 aliphatic rings. The number of ether oxygens (including phenoxy) is 2. The molecule has 2 aromatic carbocycles. The van der Waals surface area contributed by atoms with E-state index in [1.807, 2.05) is 49.8 Å². The summed E-state index contributed by atoms with van der Waals surface area (Å²) in [5.74, 6) is 1.96. The van der Waals surface area contributed by atoms with Gasteiger partial charge in [-0.1, -0.05) is 18.2 Å². The van der Waals surface area contributed by atoms with Crippen LogP contribution in [0.3, 0.4) is 0 Å². The van der Waals surface area contributed by atoms with Gasteiger partial charge in [-0.25, -0.2) is 4.79 Å². The highest BCUT2D eigenvalue weighted by atomic mass is 32.1. The van der Waals surface area contributed by atoms with Gasteiger partial charge in [0.05, 0.1) is 13.2 Å². The molecule has 1 aromatic heterocycles. The Balaban J connectivity index is 1.54. The second-order valence-electron chi connectivity index (χ2n) is 6.61. The van der Waals surface area contributed by atoms with E-state index in [1.165, 1.54) is 4.88 Å². The second kappa shape index (κ2) is 9.95. The van der Waals surface area contributed by atoms with Gasteiger partial charge in [0.25, 0.3) is 0 Å². The first-order chi connectivity index (χ1) is 14.1. The van der Waals surface area contributed by atoms with Crippen LogP contribution in [0, 0.1) is 0 Å². The van der Waals surface area contributed by atoms with Crippen molar-refractivity contribution >= 4 is 23.1 Å². The predicted octanol–water partition coefficient (Wildman–Crippen LogP) is 4.97. The van der Waals surface area contributed by atoms with Gasteiger partial charge in [-0.15, -0.1) is 11.3 Å². The largest absolute Gasteiger partial charge is 0.493 e. The molecule has 1 atom stereocenters. The van der Waals surface area contributed by atoms with Crippen LogP contribution in [-0.4, -0.2) is 38.7 Å². The minimum absolute atomic E-state index is 0.136. The lowest BCUT2D eigenvalue weighted by molar-refractivity contribution is 0.244. The summed E-state index contributed by atoms with van der Waals surface area (Å²) >= 11 is 1.68. The van der Waals surface area contributed by atoms with E-state index < -0.39 is 0 Å². The van der Waals surface area contributed by atoms with Gasteiger partial charge >= 0.3 is 6.03 Å². The van der Waals surface area contributed by atoms with Crippen LogP contribution in [-0.2, 0) is 0 Å². The van der Waals surface area contributed by atoms with Crippen molar-refractivity contribution in [2.75, 3.05) is 33.1 Å². The third-order valence-corrected chi connectivity index (χ3v) is 5.33. The van der Waals surface area contributed by atoms with Crippen LogP contribution in [0.5, 0.6) is 17.2 Å². The van der Waals surface area contributed by atoms with Crippen molar-refractivity contribution in [1.29, 1.82) is 0 Å². The lowest BCUT2D eigenvalue weighted by Crippen LogP contribution is -2.36. The molecule has 1 heterocycles. The van der Waals surface area contributed by atoms with E-state index in [-0.39, 0.29) is 12.1 Å². The quantitative estimate of drug-likeness (QED) is 0.549. The zero-order valence-electron chi connectivity index (χ0n) is 16.7. The molecule has 3 aromatic rings. The number of carbonyl (C=O) groups is 1. The zero-order chi connectivity index (χ0) is 20.6. The summed E-state index contributed by atoms with van der Waals surface area (Å²) < 4.78 is 11.1. The number of thiophene rings is 1. The van der Waals surface area contributed by atoms with Crippen LogP contribution in [0.25, 0.3) is 0 Å². The average molecular weight is 412 g/mol. The van der Waals surface area contributed by atoms with Crippen LogP contribution >= 0.6 is 11.3 Å². The molecule has 29 heavy (non-hydrogen) atoms. The molecular formula is C22H25N3O3S. The third-order valence-electron chi connectivity index (χ3n) is 4.36. The molecule has 152 valence electrons. The number of benzene rings is 2. The maximum absolute atomic E-state index is 12.3. The van der Waals surface area contributed by atoms with Crippen molar-refractivity contribution in [3.63, 3.8) is 0 Å². The Morgan fingerprint density at radius 1 is 1.03 bits per heavy atom. The molecule has 0 spiro atoms. The van der Waals surface area contributed by atoms with E-state index in [0.29, 0.717) is 29.5 Å². The predicted molar refractivity (Wildman–Crippen MR) is 117 cm³/mol. The third kappa shape index (κ3) is 5.73. The first-order valence-electron chi connectivity index (χ1n) is 9.22. The molecule has 0 aliphatic carbocycles. The van der Waals surface area contributed by atoms with Gasteiger partial charge in [0, 0.05) is 17.1 Å². The van der Waals surface area contributed by atoms with Crippen molar-refractivity contribution in [2.24, 2.45) is 0 Å². The van der Waals surface area contributed by atoms with Crippen molar-refractivity contribution in [3.8, 4) is 17.2 Å². The fourth-order valence-corrected chi connectivity index (χ4v) is 3.74. The Hall–Kier alpha value is -3.03. The van der Waals surface area contributed by atoms with Crippen LogP contribution < -0.4 is 20.1 Å². The maximum atomic E-state index is 12.3. The lowest BCUT2D eigenvalue weighted by Gasteiger charge is -2.23. The molecule has 0 aliphatic heterocycles. The van der Waals surface area contributed by atoms with Gasteiger partial charge in [-0.3, -0.25) is 0 Å². The number of likely N-dealkylation sites (N-methyl/N-ethyl adjacent to an activating group) is 1. The number of hydrogen-bond acceptors (Lipinski definition) is 5. The number of carbonyl (C=O) groups excluding carboxylic acids is 1. The highest BCUT2D eigenvalue weighted by Gasteiger charge is 2.16. The van der Waals surface area contributed by atoms with E-state index in [4.69, 9.17) is 9.47 Å². The minimum atomic E-state index is -0.244. The van der Waals surface area contributed by atoms with E-state index >= 15 is 0 Å². The molecule has 6 nitrogen and oxygen atoms in total. The Labute approximate surface area is 175 Å². The molecular weight excluding hydrogens is 386 g/mol. The van der Waals surface area contributed by atoms with Gasteiger partial charge in [0.1, 0.15) is 5.75 Å². The highest BCUT2D eigenvalue weighted by Crippen LogP contribution is 2.31. The average Bonchev–Trinajstić information content (AvgIpc) is 3.24. The van der Waals surface area contributed by atoms with Gasteiger partial charge < -0.3 is 25.0 Å². The number of para-hydroxylation sites is 2. The molecule has 2 amide bonds. The summed E-state index contributed by atoms with van der Waals surface area (Å²) in [5, 5.41) is 7.83. The summed E-state index contributed by atoms with van der Waals surface area (Å²) in [7, 11) is 5.61. The molecule has 2 N–H and O–H groups in total. The molecule has 7 heteroatoms. The number of urea groups is 1. The number of hydrogen-bond donors (Lipinski definition) is 2. The number of anilines is 1. The first kappa shape index (κ1) is 20.7. The maximum Gasteiger partial charge on any atom is 0.319 e. The lowest BCUT2D eigenvalue weighted by atomic mass is 10.2. The molecule has 0 saturated carbocycles. The Morgan fingerprint density at radius 3 is 2.38 bits per heavy atom. The summed E-state index contributed by atoms with van der Waals surface area (Å²) in [6, 6.07) is 18.6. The molecule has 0 unspecified atom stereocenters. The number of nitrogens with one attached hydrogen (secondary N) is 2. The van der Waals surface area contributed by atoms with E-state index in [0.717, 1.165) is 0 Å². The molecule has 3 rings (SSSR count). The number of methoxy groups -OCH3 is 1. The summed E-state index contributed by atoms with van der Waals surface area (Å²) in [6.07, 6.45) is 0. The Kier molecular flexibility index (Phi) is 7.10. The van der Waals surface area contributed by atoms with Crippen molar-refractivity contribution in [1.82, 2.24) is 10.2 Å². The van der Waals surface area contributed by atoms with Crippen LogP contribution in [0.1, 0.15) is 10.9 Å². The van der Waals surface area contributed by atoms with Gasteiger partial charge in [0.2, 0.25) is 0 Å². The Morgan fingerprint density at radius 2 is 1.76 bits per heavy atom. The van der Waals surface area contributed by atoms with Crippen molar-refractivity contribution < 1.29 is 14.3 Å². The zero-order valence-corrected chi connectivity index (χ0v) is 17.5. The summed E-state index contributed by atoms with van der Waals surface area (Å²) in [6.45, 7) is 0.522. The number of amides is 2. The van der Waals surface area contributed by atoms with Crippen molar-refractivity contribution in [3.05, 3.63) is 70.9 Å². The first-order valence-corrected chi connectivity index (χ1v) is 10.1. The fraction of sp³-hybridized carbons (Fsp3) is 0.227. The second-order valence-corrected chi connectivity index (χ2v) is 7.59. The van der Waals surface area contributed by atoms with Gasteiger partial charge in [-0.2, -0.15) is 0 Å². The monoisotopic (exact) mass is 411 g/mol. The number of rotatable bonds is 8. The standard InChI is InChI=1S/C22H25N3O3S/c1-25(2)18(21-9-6-14-29-21)15-23-22(26)24-16-10-12-17(13-11-16)28-20-8-5-4-7-19(20)27-3/h4-14,18H,15H2,1-3H3,(H2,23,24,26)/t18-/m1/s1. The van der Waals surface area contributed by atoms with Crippen LogP contribution in [0.2, 0.25) is 0 Å². The highest BCUT2D eigenvalue weighted by molar-refractivity contribution is 7.10. The topological polar surface area (TPSA) is 62.8 Å². The van der Waals surface area contributed by atoms with E-state index in [9.17, 15) is 4.79 Å². The summed E-state index contributed by atoms with van der Waals surface area (Å²) in [5.41, 5.74) is 0.687. The molecule has 0 saturated heterocycles.